The van der Waals surface area contributed by atoms with Crippen LogP contribution in [0.1, 0.15) is 11.6 Å². The molecule has 2 N–H and O–H groups in total. The van der Waals surface area contributed by atoms with Crippen molar-refractivity contribution in [3.8, 4) is 11.5 Å². The molecule has 1 unspecified atom stereocenters. The number of benzene rings is 2. The summed E-state index contributed by atoms with van der Waals surface area (Å²) in [5.74, 6) is 1.00. The fourth-order valence-electron chi connectivity index (χ4n) is 2.08. The monoisotopic (exact) mass is 353 g/mol. The first-order valence-electron chi connectivity index (χ1n) is 5.71. The smallest absolute Gasteiger partial charge is 0.128 e. The predicted octanol–water partition coefficient (Wildman–Crippen LogP) is 3.54. The molecule has 0 amide bonds. The molecule has 1 aliphatic heterocycles. The largest absolute Gasteiger partial charge is 0.508 e. The Kier molecular flexibility index (Phi) is 3.03. The third kappa shape index (κ3) is 2.12. The molecule has 1 heterocycles. The molecule has 0 saturated carbocycles. The van der Waals surface area contributed by atoms with Crippen molar-refractivity contribution in [2.45, 2.75) is 6.04 Å². The van der Waals surface area contributed by atoms with Crippen LogP contribution in [0.25, 0.3) is 0 Å². The highest BCUT2D eigenvalue weighted by Crippen LogP contribution is 2.37. The molecule has 0 saturated heterocycles. The van der Waals surface area contributed by atoms with Gasteiger partial charge < -0.3 is 15.2 Å². The van der Waals surface area contributed by atoms with Crippen LogP contribution in [0, 0.1) is 3.57 Å². The second-order valence-electron chi connectivity index (χ2n) is 4.21. The zero-order chi connectivity index (χ0) is 12.5. The molecule has 0 aromatic heterocycles. The van der Waals surface area contributed by atoms with Crippen molar-refractivity contribution in [2.24, 2.45) is 0 Å². The topological polar surface area (TPSA) is 41.5 Å². The van der Waals surface area contributed by atoms with E-state index >= 15 is 0 Å². The standard InChI is InChI=1S/C14H12INO2/c15-11-3-1-2-4-12(11)16-13-8-18-14-7-9(17)5-6-10(13)14/h1-7,13,16-17H,8H2. The van der Waals surface area contributed by atoms with Gasteiger partial charge in [-0.2, -0.15) is 0 Å². The van der Waals surface area contributed by atoms with Crippen LogP contribution in [-0.4, -0.2) is 11.7 Å². The summed E-state index contributed by atoms with van der Waals surface area (Å²) < 4.78 is 6.76. The van der Waals surface area contributed by atoms with Crippen molar-refractivity contribution in [1.82, 2.24) is 0 Å². The van der Waals surface area contributed by atoms with Gasteiger partial charge in [0.1, 0.15) is 18.1 Å². The number of nitrogens with one attached hydrogen (secondary N) is 1. The molecule has 4 heteroatoms. The second kappa shape index (κ2) is 4.68. The Morgan fingerprint density at radius 1 is 1.22 bits per heavy atom. The molecule has 3 nitrogen and oxygen atoms in total. The van der Waals surface area contributed by atoms with Crippen molar-refractivity contribution in [2.75, 3.05) is 11.9 Å². The van der Waals surface area contributed by atoms with Crippen LogP contribution in [0.5, 0.6) is 11.5 Å². The van der Waals surface area contributed by atoms with Gasteiger partial charge in [-0.3, -0.25) is 0 Å². The first kappa shape index (κ1) is 11.6. The zero-order valence-corrected chi connectivity index (χ0v) is 11.7. The van der Waals surface area contributed by atoms with Crippen molar-refractivity contribution < 1.29 is 9.84 Å². The number of hydrogen-bond acceptors (Lipinski definition) is 3. The zero-order valence-electron chi connectivity index (χ0n) is 9.56. The van der Waals surface area contributed by atoms with E-state index in [1.807, 2.05) is 18.2 Å². The molecule has 0 bridgehead atoms. The van der Waals surface area contributed by atoms with E-state index in [0.717, 1.165) is 17.0 Å². The van der Waals surface area contributed by atoms with E-state index < -0.39 is 0 Å². The van der Waals surface area contributed by atoms with E-state index in [-0.39, 0.29) is 11.8 Å². The van der Waals surface area contributed by atoms with Crippen LogP contribution in [0.2, 0.25) is 0 Å². The summed E-state index contributed by atoms with van der Waals surface area (Å²) in [6.07, 6.45) is 0. The van der Waals surface area contributed by atoms with Gasteiger partial charge in [0.05, 0.1) is 6.04 Å². The lowest BCUT2D eigenvalue weighted by Crippen LogP contribution is -2.12. The van der Waals surface area contributed by atoms with Gasteiger partial charge in [0.2, 0.25) is 0 Å². The van der Waals surface area contributed by atoms with Gasteiger partial charge in [-0.05, 0) is 46.9 Å². The lowest BCUT2D eigenvalue weighted by Gasteiger charge is -2.14. The molecular formula is C14H12INO2. The summed E-state index contributed by atoms with van der Waals surface area (Å²) in [6.45, 7) is 0.587. The average molecular weight is 353 g/mol. The number of ether oxygens (including phenoxy) is 1. The molecule has 92 valence electrons. The lowest BCUT2D eigenvalue weighted by molar-refractivity contribution is 0.338. The predicted molar refractivity (Wildman–Crippen MR) is 79.1 cm³/mol. The number of halogens is 1. The Labute approximate surface area is 119 Å². The molecule has 18 heavy (non-hydrogen) atoms. The van der Waals surface area contributed by atoms with Gasteiger partial charge in [-0.25, -0.2) is 0 Å². The number of anilines is 1. The highest BCUT2D eigenvalue weighted by molar-refractivity contribution is 14.1. The molecular weight excluding hydrogens is 341 g/mol. The van der Waals surface area contributed by atoms with E-state index in [1.165, 1.54) is 3.57 Å². The Balaban J connectivity index is 1.87. The second-order valence-corrected chi connectivity index (χ2v) is 5.37. The molecule has 2 aromatic rings. The maximum absolute atomic E-state index is 9.41. The fraction of sp³-hybridized carbons (Fsp3) is 0.143. The minimum Gasteiger partial charge on any atom is -0.508 e. The minimum absolute atomic E-state index is 0.136. The van der Waals surface area contributed by atoms with Crippen molar-refractivity contribution in [1.29, 1.82) is 0 Å². The number of phenols is 1. The Morgan fingerprint density at radius 2 is 2.06 bits per heavy atom. The summed E-state index contributed by atoms with van der Waals surface area (Å²) in [5, 5.41) is 12.9. The third-order valence-corrected chi connectivity index (χ3v) is 3.92. The minimum atomic E-state index is 0.136. The van der Waals surface area contributed by atoms with E-state index in [2.05, 4.69) is 40.0 Å². The summed E-state index contributed by atoms with van der Waals surface area (Å²) in [7, 11) is 0. The molecule has 2 aromatic carbocycles. The van der Waals surface area contributed by atoms with E-state index in [4.69, 9.17) is 4.74 Å². The first-order valence-corrected chi connectivity index (χ1v) is 6.79. The van der Waals surface area contributed by atoms with Gasteiger partial charge in [-0.15, -0.1) is 0 Å². The maximum atomic E-state index is 9.41. The Bertz CT molecular complexity index is 586. The quantitative estimate of drug-likeness (QED) is 0.812. The molecule has 1 aliphatic rings. The van der Waals surface area contributed by atoms with Gasteiger partial charge in [0, 0.05) is 20.9 Å². The maximum Gasteiger partial charge on any atom is 0.128 e. The molecule has 0 spiro atoms. The Hall–Kier alpha value is -1.43. The number of fused-ring (bicyclic) bond motifs is 1. The number of rotatable bonds is 2. The molecule has 0 radical (unpaired) electrons. The van der Waals surface area contributed by atoms with Crippen molar-refractivity contribution in [3.05, 3.63) is 51.6 Å². The van der Waals surface area contributed by atoms with Gasteiger partial charge in [0.15, 0.2) is 0 Å². The summed E-state index contributed by atoms with van der Waals surface area (Å²) in [4.78, 5) is 0. The van der Waals surface area contributed by atoms with Gasteiger partial charge in [-0.1, -0.05) is 12.1 Å². The van der Waals surface area contributed by atoms with E-state index in [0.29, 0.717) is 6.61 Å². The summed E-state index contributed by atoms with van der Waals surface area (Å²) in [6, 6.07) is 13.5. The highest BCUT2D eigenvalue weighted by Gasteiger charge is 2.24. The molecule has 0 aliphatic carbocycles. The van der Waals surface area contributed by atoms with E-state index in [1.54, 1.807) is 12.1 Å². The molecule has 0 fully saturated rings. The van der Waals surface area contributed by atoms with Crippen LogP contribution in [0.3, 0.4) is 0 Å². The molecule has 1 atom stereocenters. The van der Waals surface area contributed by atoms with Gasteiger partial charge >= 0.3 is 0 Å². The number of phenolic OH excluding ortho intramolecular Hbond substituents is 1. The highest BCUT2D eigenvalue weighted by atomic mass is 127. The summed E-state index contributed by atoms with van der Waals surface area (Å²) in [5.41, 5.74) is 2.19. The lowest BCUT2D eigenvalue weighted by atomic mass is 10.1. The SMILES string of the molecule is Oc1ccc2c(c1)OCC2Nc1ccccc1I. The van der Waals surface area contributed by atoms with Crippen LogP contribution < -0.4 is 10.1 Å². The fourth-order valence-corrected chi connectivity index (χ4v) is 2.63. The molecule has 3 rings (SSSR count). The Morgan fingerprint density at radius 3 is 2.89 bits per heavy atom. The number of aromatic hydroxyl groups is 1. The number of hydrogen-bond donors (Lipinski definition) is 2. The normalized spacial score (nSPS) is 17.1. The summed E-state index contributed by atoms with van der Waals surface area (Å²) >= 11 is 2.31. The third-order valence-electron chi connectivity index (χ3n) is 2.98. The average Bonchev–Trinajstić information content (AvgIpc) is 2.74. The first-order chi connectivity index (χ1) is 8.74. The van der Waals surface area contributed by atoms with Crippen LogP contribution in [0.15, 0.2) is 42.5 Å². The van der Waals surface area contributed by atoms with Gasteiger partial charge in [0.25, 0.3) is 0 Å². The van der Waals surface area contributed by atoms with Crippen LogP contribution >= 0.6 is 22.6 Å². The van der Waals surface area contributed by atoms with E-state index in [9.17, 15) is 5.11 Å². The number of para-hydroxylation sites is 1. The van der Waals surface area contributed by atoms with Crippen molar-refractivity contribution in [3.63, 3.8) is 0 Å². The van der Waals surface area contributed by atoms with Crippen LogP contribution in [0.4, 0.5) is 5.69 Å². The van der Waals surface area contributed by atoms with Crippen molar-refractivity contribution >= 4 is 28.3 Å². The van der Waals surface area contributed by atoms with Crippen LogP contribution in [-0.2, 0) is 0 Å².